The quantitative estimate of drug-likeness (QED) is 0.645. The van der Waals surface area contributed by atoms with Crippen molar-refractivity contribution in [2.45, 2.75) is 20.0 Å². The van der Waals surface area contributed by atoms with Gasteiger partial charge in [-0.25, -0.2) is 0 Å². The smallest absolute Gasteiger partial charge is 0.196 e. The van der Waals surface area contributed by atoms with Crippen molar-refractivity contribution >= 4 is 11.0 Å². The Kier molecular flexibility index (Phi) is 4.04. The first-order valence-electron chi connectivity index (χ1n) is 7.28. The lowest BCUT2D eigenvalue weighted by Gasteiger charge is -2.07. The van der Waals surface area contributed by atoms with Gasteiger partial charge >= 0.3 is 0 Å². The molecule has 0 aliphatic heterocycles. The van der Waals surface area contributed by atoms with Crippen molar-refractivity contribution in [2.75, 3.05) is 0 Å². The van der Waals surface area contributed by atoms with E-state index in [1.54, 1.807) is 0 Å². The fraction of sp³-hybridized carbons (Fsp3) is 0.167. The average molecular weight is 311 g/mol. The van der Waals surface area contributed by atoms with E-state index in [1.807, 2.05) is 31.2 Å². The molecule has 0 saturated carbocycles. The van der Waals surface area contributed by atoms with Gasteiger partial charge in [0, 0.05) is 12.6 Å². The molecule has 0 unspecified atom stereocenters. The van der Waals surface area contributed by atoms with Gasteiger partial charge in [0.1, 0.15) is 16.7 Å². The highest BCUT2D eigenvalue weighted by Gasteiger charge is 2.12. The van der Waals surface area contributed by atoms with Crippen LogP contribution in [0.5, 0.6) is 11.5 Å². The predicted octanol–water partition coefficient (Wildman–Crippen LogP) is 2.80. The molecule has 0 radical (unpaired) electrons. The summed E-state index contributed by atoms with van der Waals surface area (Å²) in [7, 11) is 0. The molecule has 0 fully saturated rings. The predicted molar refractivity (Wildman–Crippen MR) is 87.5 cm³/mol. The third-order valence-electron chi connectivity index (χ3n) is 3.65. The Hall–Kier alpha value is -2.79. The zero-order valence-electron chi connectivity index (χ0n) is 12.7. The summed E-state index contributed by atoms with van der Waals surface area (Å²) in [4.78, 5) is 12.1. The first-order chi connectivity index (χ1) is 11.0. The fourth-order valence-electron chi connectivity index (χ4n) is 2.40. The molecule has 0 saturated heterocycles. The second kappa shape index (κ2) is 6.14. The van der Waals surface area contributed by atoms with E-state index in [2.05, 4.69) is 5.32 Å². The van der Waals surface area contributed by atoms with Gasteiger partial charge in [-0.2, -0.15) is 0 Å². The van der Waals surface area contributed by atoms with Gasteiger partial charge in [-0.3, -0.25) is 4.79 Å². The lowest BCUT2D eigenvalue weighted by atomic mass is 10.1. The van der Waals surface area contributed by atoms with E-state index in [-0.39, 0.29) is 22.1 Å². The molecule has 0 spiro atoms. The Labute approximate surface area is 132 Å². The van der Waals surface area contributed by atoms with E-state index in [0.29, 0.717) is 18.8 Å². The van der Waals surface area contributed by atoms with Gasteiger partial charge in [-0.1, -0.05) is 29.8 Å². The molecule has 0 bridgehead atoms. The number of aryl methyl sites for hydroxylation is 1. The van der Waals surface area contributed by atoms with E-state index in [4.69, 9.17) is 4.42 Å². The minimum absolute atomic E-state index is 0.00714. The summed E-state index contributed by atoms with van der Waals surface area (Å²) in [6.07, 6.45) is 0. The standard InChI is InChI=1S/C18H17NO4/c1-11-2-4-12(5-3-11)9-19-10-13-8-15(21)17-16(23-13)7-6-14(20)18(17)22/h2-8,19-20,22H,9-10H2,1H3. The number of fused-ring (bicyclic) bond motifs is 1. The highest BCUT2D eigenvalue weighted by atomic mass is 16.3. The topological polar surface area (TPSA) is 82.7 Å². The summed E-state index contributed by atoms with van der Waals surface area (Å²) >= 11 is 0. The molecule has 0 aliphatic rings. The van der Waals surface area contributed by atoms with Crippen molar-refractivity contribution in [3.63, 3.8) is 0 Å². The zero-order chi connectivity index (χ0) is 16.4. The second-order valence-electron chi connectivity index (χ2n) is 5.47. The molecule has 5 heteroatoms. The highest BCUT2D eigenvalue weighted by molar-refractivity contribution is 5.85. The number of rotatable bonds is 4. The third kappa shape index (κ3) is 3.19. The molecule has 1 heterocycles. The van der Waals surface area contributed by atoms with Crippen molar-refractivity contribution in [1.29, 1.82) is 0 Å². The molecule has 23 heavy (non-hydrogen) atoms. The molecule has 3 rings (SSSR count). The Morgan fingerprint density at radius 1 is 1.04 bits per heavy atom. The summed E-state index contributed by atoms with van der Waals surface area (Å²) in [5.74, 6) is -0.315. The van der Waals surface area contributed by atoms with Crippen LogP contribution in [0.3, 0.4) is 0 Å². The Balaban J connectivity index is 1.77. The van der Waals surface area contributed by atoms with Crippen molar-refractivity contribution in [2.24, 2.45) is 0 Å². The van der Waals surface area contributed by atoms with Crippen molar-refractivity contribution in [1.82, 2.24) is 5.32 Å². The number of benzene rings is 2. The van der Waals surface area contributed by atoms with Gasteiger partial charge < -0.3 is 19.9 Å². The van der Waals surface area contributed by atoms with Gasteiger partial charge in [0.25, 0.3) is 0 Å². The summed E-state index contributed by atoms with van der Waals surface area (Å²) in [5, 5.41) is 22.4. The van der Waals surface area contributed by atoms with E-state index in [0.717, 1.165) is 5.56 Å². The molecule has 3 N–H and O–H groups in total. The first kappa shape index (κ1) is 15.1. The summed E-state index contributed by atoms with van der Waals surface area (Å²) in [6, 6.07) is 12.3. The highest BCUT2D eigenvalue weighted by Crippen LogP contribution is 2.31. The first-order valence-corrected chi connectivity index (χ1v) is 7.28. The molecule has 5 nitrogen and oxygen atoms in total. The Bertz CT molecular complexity index is 897. The van der Waals surface area contributed by atoms with Gasteiger partial charge in [0.15, 0.2) is 16.9 Å². The minimum Gasteiger partial charge on any atom is -0.504 e. The summed E-state index contributed by atoms with van der Waals surface area (Å²) in [6.45, 7) is 3.08. The van der Waals surface area contributed by atoms with Crippen LogP contribution in [0.15, 0.2) is 51.7 Å². The van der Waals surface area contributed by atoms with Crippen LogP contribution in [0.25, 0.3) is 11.0 Å². The second-order valence-corrected chi connectivity index (χ2v) is 5.47. The van der Waals surface area contributed by atoms with Crippen molar-refractivity contribution < 1.29 is 14.6 Å². The molecule has 3 aromatic rings. The SMILES string of the molecule is Cc1ccc(CNCc2cc(=O)c3c(O)c(O)ccc3o2)cc1. The van der Waals surface area contributed by atoms with Gasteiger partial charge in [0.2, 0.25) is 0 Å². The molecule has 0 aliphatic carbocycles. The van der Waals surface area contributed by atoms with Crippen LogP contribution in [-0.2, 0) is 13.1 Å². The third-order valence-corrected chi connectivity index (χ3v) is 3.65. The molecule has 0 amide bonds. The number of hydrogen-bond donors (Lipinski definition) is 3. The van der Waals surface area contributed by atoms with Gasteiger partial charge in [-0.15, -0.1) is 0 Å². The molecular formula is C18H17NO4. The molecule has 1 aromatic heterocycles. The molecule has 118 valence electrons. The number of aromatic hydroxyl groups is 2. The average Bonchev–Trinajstić information content (AvgIpc) is 2.53. The number of nitrogens with one attached hydrogen (secondary N) is 1. The van der Waals surface area contributed by atoms with E-state index in [9.17, 15) is 15.0 Å². The van der Waals surface area contributed by atoms with Crippen LogP contribution >= 0.6 is 0 Å². The van der Waals surface area contributed by atoms with Crippen LogP contribution in [-0.4, -0.2) is 10.2 Å². The number of phenolic OH excluding ortho intramolecular Hbond substituents is 2. The normalized spacial score (nSPS) is 11.0. The maximum absolute atomic E-state index is 12.1. The van der Waals surface area contributed by atoms with Crippen LogP contribution in [0.1, 0.15) is 16.9 Å². The Morgan fingerprint density at radius 3 is 2.52 bits per heavy atom. The van der Waals surface area contributed by atoms with E-state index >= 15 is 0 Å². The maximum atomic E-state index is 12.1. The minimum atomic E-state index is -0.449. The largest absolute Gasteiger partial charge is 0.504 e. The van der Waals surface area contributed by atoms with E-state index in [1.165, 1.54) is 23.8 Å². The lowest BCUT2D eigenvalue weighted by molar-refractivity contribution is 0.406. The fourth-order valence-corrected chi connectivity index (χ4v) is 2.40. The summed E-state index contributed by atoms with van der Waals surface area (Å²) in [5.41, 5.74) is 2.21. The maximum Gasteiger partial charge on any atom is 0.196 e. The summed E-state index contributed by atoms with van der Waals surface area (Å²) < 4.78 is 5.60. The van der Waals surface area contributed by atoms with Crippen LogP contribution in [0, 0.1) is 6.92 Å². The van der Waals surface area contributed by atoms with Crippen LogP contribution < -0.4 is 10.7 Å². The van der Waals surface area contributed by atoms with Crippen molar-refractivity contribution in [3.8, 4) is 11.5 Å². The molecular weight excluding hydrogens is 294 g/mol. The van der Waals surface area contributed by atoms with Crippen LogP contribution in [0.4, 0.5) is 0 Å². The molecule has 0 atom stereocenters. The Morgan fingerprint density at radius 2 is 1.78 bits per heavy atom. The lowest BCUT2D eigenvalue weighted by Crippen LogP contribution is -2.14. The van der Waals surface area contributed by atoms with Crippen molar-refractivity contribution in [3.05, 3.63) is 69.6 Å². The monoisotopic (exact) mass is 311 g/mol. The van der Waals surface area contributed by atoms with Gasteiger partial charge in [0.05, 0.1) is 6.54 Å². The molecule has 2 aromatic carbocycles. The zero-order valence-corrected chi connectivity index (χ0v) is 12.7. The number of phenols is 2. The van der Waals surface area contributed by atoms with Crippen LogP contribution in [0.2, 0.25) is 0 Å². The number of hydrogen-bond acceptors (Lipinski definition) is 5. The van der Waals surface area contributed by atoms with Gasteiger partial charge in [-0.05, 0) is 24.6 Å². The van der Waals surface area contributed by atoms with E-state index < -0.39 is 5.75 Å².